The van der Waals surface area contributed by atoms with Crippen molar-refractivity contribution in [2.45, 2.75) is 199 Å². The first-order chi connectivity index (χ1) is 19.6. The van der Waals surface area contributed by atoms with E-state index in [9.17, 15) is 14.7 Å². The molecule has 0 bridgehead atoms. The van der Waals surface area contributed by atoms with Gasteiger partial charge >= 0.3 is 5.97 Å². The summed E-state index contributed by atoms with van der Waals surface area (Å²) >= 11 is 0. The van der Waals surface area contributed by atoms with E-state index in [1.165, 1.54) is 128 Å². The summed E-state index contributed by atoms with van der Waals surface area (Å²) < 4.78 is 5.41. The molecule has 0 aliphatic carbocycles. The average molecular weight is 569 g/mol. The van der Waals surface area contributed by atoms with Crippen molar-refractivity contribution in [2.24, 2.45) is 0 Å². The fourth-order valence-corrected chi connectivity index (χ4v) is 5.34. The van der Waals surface area contributed by atoms with Gasteiger partial charge in [-0.05, 0) is 19.3 Å². The molecule has 5 nitrogen and oxygen atoms in total. The highest BCUT2D eigenvalue weighted by atomic mass is 16.5. The number of rotatable bonds is 33. The van der Waals surface area contributed by atoms with Crippen LogP contribution in [0.1, 0.15) is 193 Å². The van der Waals surface area contributed by atoms with Crippen molar-refractivity contribution < 1.29 is 24.5 Å². The van der Waals surface area contributed by atoms with E-state index in [2.05, 4.69) is 6.92 Å². The Bertz CT molecular complexity index is 536. The fraction of sp³-hybridized carbons (Fsp3) is 0.943. The van der Waals surface area contributed by atoms with Gasteiger partial charge in [-0.3, -0.25) is 9.59 Å². The van der Waals surface area contributed by atoms with Gasteiger partial charge in [0.05, 0.1) is 13.2 Å². The molecule has 2 N–H and O–H groups in total. The van der Waals surface area contributed by atoms with Crippen LogP contribution in [0.25, 0.3) is 0 Å². The Balaban J connectivity index is 3.19. The molecule has 0 amide bonds. The number of ether oxygens (including phenoxy) is 1. The first-order valence-electron chi connectivity index (χ1n) is 17.6. The SMILES string of the molecule is CCCCCCCCCCCCCCCC(=O)OCCCCCCCCCCCCCCCCC(=O)C(O)CO. The van der Waals surface area contributed by atoms with Gasteiger partial charge in [-0.25, -0.2) is 0 Å². The summed E-state index contributed by atoms with van der Waals surface area (Å²) in [6.45, 7) is 2.41. The maximum absolute atomic E-state index is 11.9. The molecule has 0 aliphatic heterocycles. The number of carbonyl (C=O) groups is 2. The van der Waals surface area contributed by atoms with Crippen molar-refractivity contribution in [3.8, 4) is 0 Å². The van der Waals surface area contributed by atoms with Crippen molar-refractivity contribution in [3.63, 3.8) is 0 Å². The quantitative estimate of drug-likeness (QED) is 0.0608. The molecular weight excluding hydrogens is 500 g/mol. The largest absolute Gasteiger partial charge is 0.466 e. The summed E-state index contributed by atoms with van der Waals surface area (Å²) in [5.74, 6) is -0.239. The van der Waals surface area contributed by atoms with E-state index in [0.29, 0.717) is 19.4 Å². The maximum atomic E-state index is 11.9. The summed E-state index contributed by atoms with van der Waals surface area (Å²) in [4.78, 5) is 23.3. The molecule has 0 saturated heterocycles. The second kappa shape index (κ2) is 32.6. The second-order valence-corrected chi connectivity index (χ2v) is 12.1. The maximum Gasteiger partial charge on any atom is 0.305 e. The molecular formula is C35H68O5. The molecule has 0 radical (unpaired) electrons. The van der Waals surface area contributed by atoms with Gasteiger partial charge in [0.1, 0.15) is 6.10 Å². The minimum absolute atomic E-state index is 0.00365. The molecule has 0 spiro atoms. The van der Waals surface area contributed by atoms with E-state index >= 15 is 0 Å². The van der Waals surface area contributed by atoms with Gasteiger partial charge in [0.15, 0.2) is 5.78 Å². The fourth-order valence-electron chi connectivity index (χ4n) is 5.34. The predicted molar refractivity (Wildman–Crippen MR) is 169 cm³/mol. The topological polar surface area (TPSA) is 83.8 Å². The molecule has 0 aliphatic rings. The summed E-state index contributed by atoms with van der Waals surface area (Å²) in [5.41, 5.74) is 0. The van der Waals surface area contributed by atoms with E-state index in [4.69, 9.17) is 9.84 Å². The molecule has 1 atom stereocenters. The summed E-state index contributed by atoms with van der Waals surface area (Å²) in [6, 6.07) is 0. The third kappa shape index (κ3) is 30.0. The molecule has 238 valence electrons. The van der Waals surface area contributed by atoms with Gasteiger partial charge in [0.2, 0.25) is 0 Å². The smallest absolute Gasteiger partial charge is 0.305 e. The molecule has 5 heteroatoms. The van der Waals surface area contributed by atoms with Gasteiger partial charge in [0, 0.05) is 12.8 Å². The van der Waals surface area contributed by atoms with E-state index in [1.54, 1.807) is 0 Å². The van der Waals surface area contributed by atoms with Crippen LogP contribution < -0.4 is 0 Å². The van der Waals surface area contributed by atoms with E-state index in [-0.39, 0.29) is 11.8 Å². The first-order valence-corrected chi connectivity index (χ1v) is 17.6. The van der Waals surface area contributed by atoms with Crippen molar-refractivity contribution in [1.82, 2.24) is 0 Å². The summed E-state index contributed by atoms with van der Waals surface area (Å²) in [6.07, 6.45) is 33.8. The molecule has 0 aromatic rings. The molecule has 0 saturated carbocycles. The van der Waals surface area contributed by atoms with Crippen LogP contribution in [0.2, 0.25) is 0 Å². The average Bonchev–Trinajstić information content (AvgIpc) is 2.96. The molecule has 1 unspecified atom stereocenters. The number of hydrogen-bond donors (Lipinski definition) is 2. The minimum Gasteiger partial charge on any atom is -0.466 e. The van der Waals surface area contributed by atoms with Crippen molar-refractivity contribution >= 4 is 11.8 Å². The number of aliphatic hydroxyl groups is 2. The number of hydrogen-bond acceptors (Lipinski definition) is 5. The zero-order valence-electron chi connectivity index (χ0n) is 26.6. The number of esters is 1. The van der Waals surface area contributed by atoms with Crippen LogP contribution in [-0.4, -0.2) is 41.3 Å². The zero-order chi connectivity index (χ0) is 29.4. The van der Waals surface area contributed by atoms with Crippen LogP contribution >= 0.6 is 0 Å². The van der Waals surface area contributed by atoms with Crippen LogP contribution in [0, 0.1) is 0 Å². The highest BCUT2D eigenvalue weighted by Gasteiger charge is 2.12. The molecule has 0 heterocycles. The monoisotopic (exact) mass is 569 g/mol. The van der Waals surface area contributed by atoms with Crippen molar-refractivity contribution in [2.75, 3.05) is 13.2 Å². The highest BCUT2D eigenvalue weighted by molar-refractivity contribution is 5.82. The predicted octanol–water partition coefficient (Wildman–Crippen LogP) is 9.78. The standard InChI is InChI=1S/C35H68O5/c1-2-3-4-5-6-7-8-11-15-18-21-24-27-30-35(39)40-31-28-25-22-19-16-13-10-9-12-14-17-20-23-26-29-33(37)34(38)32-36/h34,36,38H,2-32H2,1H3. The van der Waals surface area contributed by atoms with Gasteiger partial charge in [-0.2, -0.15) is 0 Å². The Morgan fingerprint density at radius 2 is 0.825 bits per heavy atom. The Morgan fingerprint density at radius 3 is 1.20 bits per heavy atom. The van der Waals surface area contributed by atoms with Crippen LogP contribution in [0.4, 0.5) is 0 Å². The number of Topliss-reactive ketones (excluding diaryl/α,β-unsaturated/α-hetero) is 1. The van der Waals surface area contributed by atoms with E-state index in [1.807, 2.05) is 0 Å². The summed E-state index contributed by atoms with van der Waals surface area (Å²) in [7, 11) is 0. The molecule has 0 aromatic heterocycles. The Hall–Kier alpha value is -0.940. The number of carbonyl (C=O) groups excluding carboxylic acids is 2. The van der Waals surface area contributed by atoms with Crippen LogP contribution in [0.5, 0.6) is 0 Å². The Labute approximate surface area is 248 Å². The Morgan fingerprint density at radius 1 is 0.500 bits per heavy atom. The third-order valence-corrected chi connectivity index (χ3v) is 8.11. The van der Waals surface area contributed by atoms with E-state index in [0.717, 1.165) is 44.9 Å². The minimum atomic E-state index is -1.19. The molecule has 0 rings (SSSR count). The van der Waals surface area contributed by atoms with Gasteiger partial charge in [-0.15, -0.1) is 0 Å². The second-order valence-electron chi connectivity index (χ2n) is 12.1. The lowest BCUT2D eigenvalue weighted by atomic mass is 10.0. The van der Waals surface area contributed by atoms with Crippen molar-refractivity contribution in [1.29, 1.82) is 0 Å². The molecule has 0 aromatic carbocycles. The van der Waals surface area contributed by atoms with Crippen LogP contribution in [-0.2, 0) is 14.3 Å². The lowest BCUT2D eigenvalue weighted by molar-refractivity contribution is -0.143. The van der Waals surface area contributed by atoms with Crippen molar-refractivity contribution in [3.05, 3.63) is 0 Å². The third-order valence-electron chi connectivity index (χ3n) is 8.11. The van der Waals surface area contributed by atoms with Gasteiger partial charge in [0.25, 0.3) is 0 Å². The normalized spacial score (nSPS) is 12.1. The number of unbranched alkanes of at least 4 members (excludes halogenated alkanes) is 25. The van der Waals surface area contributed by atoms with Crippen LogP contribution in [0.15, 0.2) is 0 Å². The Kier molecular flexibility index (Phi) is 31.8. The number of ketones is 1. The molecule has 0 fully saturated rings. The first kappa shape index (κ1) is 39.1. The lowest BCUT2D eigenvalue weighted by Crippen LogP contribution is -2.23. The summed E-state index contributed by atoms with van der Waals surface area (Å²) in [5, 5.41) is 18.0. The van der Waals surface area contributed by atoms with Crippen LogP contribution in [0.3, 0.4) is 0 Å². The number of aliphatic hydroxyl groups excluding tert-OH is 2. The highest BCUT2D eigenvalue weighted by Crippen LogP contribution is 2.15. The molecule has 40 heavy (non-hydrogen) atoms. The van der Waals surface area contributed by atoms with Gasteiger partial charge < -0.3 is 14.9 Å². The lowest BCUT2D eigenvalue weighted by Gasteiger charge is -2.06. The zero-order valence-corrected chi connectivity index (χ0v) is 26.6. The van der Waals surface area contributed by atoms with Gasteiger partial charge in [-0.1, -0.05) is 161 Å². The van der Waals surface area contributed by atoms with E-state index < -0.39 is 12.7 Å².